The fourth-order valence-electron chi connectivity index (χ4n) is 0.977. The number of aliphatic hydroxyl groups excluding tert-OH is 1. The summed E-state index contributed by atoms with van der Waals surface area (Å²) >= 11 is 0. The Hall–Kier alpha value is -0.800. The van der Waals surface area contributed by atoms with E-state index in [0.717, 1.165) is 18.7 Å². The van der Waals surface area contributed by atoms with Crippen molar-refractivity contribution in [1.82, 2.24) is 5.32 Å². The van der Waals surface area contributed by atoms with Crippen molar-refractivity contribution in [2.75, 3.05) is 13.1 Å². The van der Waals surface area contributed by atoms with Gasteiger partial charge in [-0.3, -0.25) is 0 Å². The summed E-state index contributed by atoms with van der Waals surface area (Å²) in [4.78, 5) is 0. The van der Waals surface area contributed by atoms with Gasteiger partial charge in [-0.2, -0.15) is 0 Å². The van der Waals surface area contributed by atoms with Crippen molar-refractivity contribution in [1.29, 1.82) is 0 Å². The molecule has 0 aliphatic rings. The molecule has 1 aromatic rings. The Kier molecular flexibility index (Phi) is 3.84. The molecule has 2 N–H and O–H groups in total. The third kappa shape index (κ3) is 3.55. The van der Waals surface area contributed by atoms with E-state index < -0.39 is 0 Å². The van der Waals surface area contributed by atoms with Crippen molar-refractivity contribution in [2.45, 2.75) is 19.4 Å². The maximum Gasteiger partial charge on any atom is 0.105 e. The molecule has 0 fully saturated rings. The molecule has 3 nitrogen and oxygen atoms in total. The third-order valence-corrected chi connectivity index (χ3v) is 1.57. The minimum atomic E-state index is -0.276. The van der Waals surface area contributed by atoms with E-state index in [1.165, 1.54) is 0 Å². The van der Waals surface area contributed by atoms with Crippen molar-refractivity contribution in [2.24, 2.45) is 0 Å². The predicted molar refractivity (Wildman–Crippen MR) is 47.0 cm³/mol. The van der Waals surface area contributed by atoms with Gasteiger partial charge in [0.25, 0.3) is 0 Å². The Morgan fingerprint density at radius 1 is 1.67 bits per heavy atom. The molecule has 0 spiro atoms. The fourth-order valence-corrected chi connectivity index (χ4v) is 0.977. The van der Waals surface area contributed by atoms with Crippen molar-refractivity contribution in [3.8, 4) is 0 Å². The molecule has 1 atom stereocenters. The van der Waals surface area contributed by atoms with Crippen LogP contribution in [-0.2, 0) is 6.42 Å². The highest BCUT2D eigenvalue weighted by molar-refractivity contribution is 4.98. The van der Waals surface area contributed by atoms with Gasteiger partial charge < -0.3 is 14.8 Å². The van der Waals surface area contributed by atoms with Gasteiger partial charge >= 0.3 is 0 Å². The SMILES string of the molecule is CC(O)CNCCc1ccco1. The zero-order chi connectivity index (χ0) is 8.81. The van der Waals surface area contributed by atoms with Crippen molar-refractivity contribution in [3.63, 3.8) is 0 Å². The molecule has 1 heterocycles. The molecule has 0 aliphatic carbocycles. The van der Waals surface area contributed by atoms with Crippen LogP contribution in [0.2, 0.25) is 0 Å². The number of aliphatic hydroxyl groups is 1. The van der Waals surface area contributed by atoms with Crippen molar-refractivity contribution >= 4 is 0 Å². The monoisotopic (exact) mass is 169 g/mol. The second-order valence-electron chi connectivity index (χ2n) is 2.88. The molecule has 0 saturated heterocycles. The first-order valence-electron chi connectivity index (χ1n) is 4.20. The molecule has 1 rings (SSSR count). The molecular weight excluding hydrogens is 154 g/mol. The van der Waals surface area contributed by atoms with E-state index in [0.29, 0.717) is 6.54 Å². The minimum Gasteiger partial charge on any atom is -0.469 e. The number of nitrogens with one attached hydrogen (secondary N) is 1. The topological polar surface area (TPSA) is 45.4 Å². The Balaban J connectivity index is 2.04. The van der Waals surface area contributed by atoms with Gasteiger partial charge in [0, 0.05) is 19.5 Å². The lowest BCUT2D eigenvalue weighted by atomic mass is 10.3. The van der Waals surface area contributed by atoms with Crippen LogP contribution >= 0.6 is 0 Å². The average Bonchev–Trinajstić information content (AvgIpc) is 2.49. The maximum atomic E-state index is 8.92. The van der Waals surface area contributed by atoms with Crippen LogP contribution in [-0.4, -0.2) is 24.3 Å². The lowest BCUT2D eigenvalue weighted by Crippen LogP contribution is -2.26. The van der Waals surface area contributed by atoms with Gasteiger partial charge in [-0.15, -0.1) is 0 Å². The normalized spacial score (nSPS) is 13.2. The van der Waals surface area contributed by atoms with Crippen LogP contribution < -0.4 is 5.32 Å². The van der Waals surface area contributed by atoms with E-state index in [4.69, 9.17) is 9.52 Å². The van der Waals surface area contributed by atoms with E-state index in [1.54, 1.807) is 13.2 Å². The first kappa shape index (κ1) is 9.29. The molecule has 0 bridgehead atoms. The van der Waals surface area contributed by atoms with E-state index in [2.05, 4.69) is 5.32 Å². The molecular formula is C9H15NO2. The Morgan fingerprint density at radius 3 is 3.08 bits per heavy atom. The standard InChI is InChI=1S/C9H15NO2/c1-8(11)7-10-5-4-9-3-2-6-12-9/h2-3,6,8,10-11H,4-5,7H2,1H3. The smallest absolute Gasteiger partial charge is 0.105 e. The second kappa shape index (κ2) is 4.95. The lowest BCUT2D eigenvalue weighted by Gasteiger charge is -2.04. The van der Waals surface area contributed by atoms with Crippen LogP contribution in [0, 0.1) is 0 Å². The van der Waals surface area contributed by atoms with Gasteiger partial charge in [0.1, 0.15) is 5.76 Å². The molecule has 0 radical (unpaired) electrons. The van der Waals surface area contributed by atoms with Crippen LogP contribution in [0.25, 0.3) is 0 Å². The van der Waals surface area contributed by atoms with E-state index in [9.17, 15) is 0 Å². The van der Waals surface area contributed by atoms with E-state index in [-0.39, 0.29) is 6.10 Å². The molecule has 0 amide bonds. The largest absolute Gasteiger partial charge is 0.469 e. The highest BCUT2D eigenvalue weighted by atomic mass is 16.3. The molecule has 68 valence electrons. The lowest BCUT2D eigenvalue weighted by molar-refractivity contribution is 0.191. The predicted octanol–water partition coefficient (Wildman–Crippen LogP) is 0.792. The third-order valence-electron chi connectivity index (χ3n) is 1.57. The van der Waals surface area contributed by atoms with E-state index in [1.807, 2.05) is 12.1 Å². The second-order valence-corrected chi connectivity index (χ2v) is 2.88. The number of rotatable bonds is 5. The number of hydrogen-bond acceptors (Lipinski definition) is 3. The quantitative estimate of drug-likeness (QED) is 0.641. The summed E-state index contributed by atoms with van der Waals surface area (Å²) in [5.74, 6) is 0.980. The molecule has 1 aromatic heterocycles. The van der Waals surface area contributed by atoms with Crippen LogP contribution in [0.1, 0.15) is 12.7 Å². The summed E-state index contributed by atoms with van der Waals surface area (Å²) in [6.07, 6.45) is 2.27. The fraction of sp³-hybridized carbons (Fsp3) is 0.556. The number of furan rings is 1. The Bertz CT molecular complexity index is 194. The van der Waals surface area contributed by atoms with Crippen molar-refractivity contribution < 1.29 is 9.52 Å². The van der Waals surface area contributed by atoms with Crippen molar-refractivity contribution in [3.05, 3.63) is 24.2 Å². The average molecular weight is 169 g/mol. The van der Waals surface area contributed by atoms with Crippen LogP contribution in [0.3, 0.4) is 0 Å². The van der Waals surface area contributed by atoms with Crippen LogP contribution in [0.4, 0.5) is 0 Å². The first-order chi connectivity index (χ1) is 5.79. The first-order valence-corrected chi connectivity index (χ1v) is 4.20. The molecule has 0 saturated carbocycles. The zero-order valence-corrected chi connectivity index (χ0v) is 7.29. The zero-order valence-electron chi connectivity index (χ0n) is 7.29. The minimum absolute atomic E-state index is 0.276. The maximum absolute atomic E-state index is 8.92. The highest BCUT2D eigenvalue weighted by Crippen LogP contribution is 1.99. The molecule has 0 aromatic carbocycles. The summed E-state index contributed by atoms with van der Waals surface area (Å²) < 4.78 is 5.14. The Morgan fingerprint density at radius 2 is 2.50 bits per heavy atom. The highest BCUT2D eigenvalue weighted by Gasteiger charge is 1.96. The summed E-state index contributed by atoms with van der Waals surface area (Å²) in [5, 5.41) is 12.0. The summed E-state index contributed by atoms with van der Waals surface area (Å²) in [6, 6.07) is 3.83. The van der Waals surface area contributed by atoms with Crippen LogP contribution in [0.5, 0.6) is 0 Å². The van der Waals surface area contributed by atoms with Gasteiger partial charge in [0.05, 0.1) is 12.4 Å². The summed E-state index contributed by atoms with van der Waals surface area (Å²) in [5.41, 5.74) is 0. The van der Waals surface area contributed by atoms with E-state index >= 15 is 0 Å². The molecule has 3 heteroatoms. The van der Waals surface area contributed by atoms with Crippen LogP contribution in [0.15, 0.2) is 22.8 Å². The Labute approximate surface area is 72.4 Å². The summed E-state index contributed by atoms with van der Waals surface area (Å²) in [7, 11) is 0. The molecule has 12 heavy (non-hydrogen) atoms. The van der Waals surface area contributed by atoms with Gasteiger partial charge in [-0.25, -0.2) is 0 Å². The molecule has 1 unspecified atom stereocenters. The van der Waals surface area contributed by atoms with Gasteiger partial charge in [-0.05, 0) is 19.1 Å². The van der Waals surface area contributed by atoms with Gasteiger partial charge in [-0.1, -0.05) is 0 Å². The summed E-state index contributed by atoms with van der Waals surface area (Å²) in [6.45, 7) is 3.25. The number of hydrogen-bond donors (Lipinski definition) is 2. The van der Waals surface area contributed by atoms with Gasteiger partial charge in [0.15, 0.2) is 0 Å². The van der Waals surface area contributed by atoms with Gasteiger partial charge in [0.2, 0.25) is 0 Å². The molecule has 0 aliphatic heterocycles.